The standard InChI is InChI=1S/C23H16F3N5O/c24-15-2-1-3-16(25)22(15)18-5-4-17(27)23(30-18)19(32)8-13-11-29-7-6-14(13)12-9-20(26)31-21(28)10-12/h1-7,9-11H,8,27H2,(H2,28,31). The van der Waals surface area contributed by atoms with Crippen LogP contribution in [0, 0.1) is 17.6 Å². The predicted octanol–water partition coefficient (Wildman–Crippen LogP) is 4.21. The molecule has 32 heavy (non-hydrogen) atoms. The van der Waals surface area contributed by atoms with Crippen LogP contribution in [0.4, 0.5) is 24.7 Å². The molecule has 9 heteroatoms. The van der Waals surface area contributed by atoms with E-state index in [1.807, 2.05) is 0 Å². The van der Waals surface area contributed by atoms with Crippen molar-refractivity contribution in [1.82, 2.24) is 15.0 Å². The van der Waals surface area contributed by atoms with E-state index in [1.165, 1.54) is 42.7 Å². The molecule has 0 aliphatic carbocycles. The molecule has 6 nitrogen and oxygen atoms in total. The summed E-state index contributed by atoms with van der Waals surface area (Å²) in [5.74, 6) is -2.91. The Bertz CT molecular complexity index is 1300. The molecule has 0 saturated carbocycles. The fourth-order valence-electron chi connectivity index (χ4n) is 3.35. The summed E-state index contributed by atoms with van der Waals surface area (Å²) >= 11 is 0. The van der Waals surface area contributed by atoms with Crippen LogP contribution in [0.3, 0.4) is 0 Å². The third-order valence-electron chi connectivity index (χ3n) is 4.79. The second-order valence-corrected chi connectivity index (χ2v) is 6.97. The number of hydrogen-bond donors (Lipinski definition) is 2. The maximum Gasteiger partial charge on any atom is 0.215 e. The van der Waals surface area contributed by atoms with Gasteiger partial charge < -0.3 is 11.5 Å². The van der Waals surface area contributed by atoms with Gasteiger partial charge in [-0.3, -0.25) is 9.78 Å². The first-order chi connectivity index (χ1) is 15.3. The van der Waals surface area contributed by atoms with Gasteiger partial charge in [0.15, 0.2) is 5.78 Å². The van der Waals surface area contributed by atoms with Crippen LogP contribution in [0.2, 0.25) is 0 Å². The Hall–Kier alpha value is -4.27. The monoisotopic (exact) mass is 435 g/mol. The number of hydrogen-bond acceptors (Lipinski definition) is 6. The Labute approximate surface area is 180 Å². The molecule has 0 saturated heterocycles. The number of anilines is 2. The van der Waals surface area contributed by atoms with Gasteiger partial charge in [-0.25, -0.2) is 18.7 Å². The zero-order valence-corrected chi connectivity index (χ0v) is 16.5. The number of pyridine rings is 3. The lowest BCUT2D eigenvalue weighted by Gasteiger charge is -2.11. The highest BCUT2D eigenvalue weighted by atomic mass is 19.1. The fraction of sp³-hybridized carbons (Fsp3) is 0.0435. The van der Waals surface area contributed by atoms with Crippen LogP contribution < -0.4 is 11.5 Å². The summed E-state index contributed by atoms with van der Waals surface area (Å²) in [6.45, 7) is 0. The minimum atomic E-state index is -0.812. The maximum absolute atomic E-state index is 14.2. The summed E-state index contributed by atoms with van der Waals surface area (Å²) in [5.41, 5.74) is 12.5. The number of ketones is 1. The Morgan fingerprint density at radius 2 is 1.69 bits per heavy atom. The number of Topliss-reactive ketones (excluding diaryl/α,β-unsaturated/α-hetero) is 1. The number of halogens is 3. The van der Waals surface area contributed by atoms with Crippen LogP contribution in [0.5, 0.6) is 0 Å². The zero-order valence-electron chi connectivity index (χ0n) is 16.5. The second-order valence-electron chi connectivity index (χ2n) is 6.97. The summed E-state index contributed by atoms with van der Waals surface area (Å²) in [6.07, 6.45) is 2.76. The summed E-state index contributed by atoms with van der Waals surface area (Å²) in [5, 5.41) is 0. The molecule has 0 spiro atoms. The first kappa shape index (κ1) is 21.0. The van der Waals surface area contributed by atoms with Gasteiger partial charge in [0.25, 0.3) is 0 Å². The van der Waals surface area contributed by atoms with Gasteiger partial charge in [0.1, 0.15) is 23.1 Å². The van der Waals surface area contributed by atoms with Crippen molar-refractivity contribution in [2.24, 2.45) is 0 Å². The lowest BCUT2D eigenvalue weighted by atomic mass is 9.97. The molecule has 0 aliphatic heterocycles. The maximum atomic E-state index is 14.2. The van der Waals surface area contributed by atoms with Crippen molar-refractivity contribution in [2.75, 3.05) is 11.5 Å². The van der Waals surface area contributed by atoms with Crippen LogP contribution in [-0.4, -0.2) is 20.7 Å². The van der Waals surface area contributed by atoms with E-state index in [0.29, 0.717) is 16.7 Å². The number of benzene rings is 1. The Kier molecular flexibility index (Phi) is 5.55. The van der Waals surface area contributed by atoms with E-state index < -0.39 is 23.4 Å². The first-order valence-electron chi connectivity index (χ1n) is 9.44. The lowest BCUT2D eigenvalue weighted by Crippen LogP contribution is -2.11. The van der Waals surface area contributed by atoms with Crippen LogP contribution >= 0.6 is 0 Å². The summed E-state index contributed by atoms with van der Waals surface area (Å²) < 4.78 is 42.1. The van der Waals surface area contributed by atoms with Crippen LogP contribution in [0.1, 0.15) is 16.1 Å². The van der Waals surface area contributed by atoms with E-state index in [-0.39, 0.29) is 34.9 Å². The molecule has 0 bridgehead atoms. The highest BCUT2D eigenvalue weighted by Gasteiger charge is 2.19. The number of nitrogens with two attached hydrogens (primary N) is 2. The number of nitrogen functional groups attached to an aromatic ring is 2. The van der Waals surface area contributed by atoms with E-state index in [2.05, 4.69) is 15.0 Å². The molecule has 1 aromatic carbocycles. The van der Waals surface area contributed by atoms with Crippen LogP contribution in [-0.2, 0) is 6.42 Å². The van der Waals surface area contributed by atoms with E-state index in [4.69, 9.17) is 11.5 Å². The molecule has 4 rings (SSSR count). The molecule has 0 radical (unpaired) electrons. The number of carbonyl (C=O) groups excluding carboxylic acids is 1. The van der Waals surface area contributed by atoms with Gasteiger partial charge in [-0.15, -0.1) is 0 Å². The third-order valence-corrected chi connectivity index (χ3v) is 4.79. The number of aromatic nitrogens is 3. The summed E-state index contributed by atoms with van der Waals surface area (Å²) in [7, 11) is 0. The van der Waals surface area contributed by atoms with Crippen molar-refractivity contribution >= 4 is 17.3 Å². The smallest absolute Gasteiger partial charge is 0.215 e. The highest BCUT2D eigenvalue weighted by Crippen LogP contribution is 2.28. The Balaban J connectivity index is 1.72. The van der Waals surface area contributed by atoms with E-state index >= 15 is 0 Å². The SMILES string of the molecule is Nc1cc(-c2ccncc2CC(=O)c2nc(-c3c(F)cccc3F)ccc2N)cc(F)n1. The molecule has 0 unspecified atom stereocenters. The molecule has 160 valence electrons. The molecule has 0 fully saturated rings. The first-order valence-corrected chi connectivity index (χ1v) is 9.44. The average molecular weight is 435 g/mol. The summed E-state index contributed by atoms with van der Waals surface area (Å²) in [6, 6.07) is 10.4. The zero-order chi connectivity index (χ0) is 22.8. The molecule has 3 heterocycles. The van der Waals surface area contributed by atoms with Gasteiger partial charge in [0.2, 0.25) is 5.95 Å². The molecule has 4 N–H and O–H groups in total. The molecular formula is C23H16F3N5O. The number of nitrogens with zero attached hydrogens (tertiary/aromatic N) is 3. The fourth-order valence-corrected chi connectivity index (χ4v) is 3.35. The largest absolute Gasteiger partial charge is 0.397 e. The lowest BCUT2D eigenvalue weighted by molar-refractivity contribution is 0.0989. The van der Waals surface area contributed by atoms with Crippen molar-refractivity contribution in [1.29, 1.82) is 0 Å². The van der Waals surface area contributed by atoms with Crippen molar-refractivity contribution < 1.29 is 18.0 Å². The molecule has 3 aromatic heterocycles. The average Bonchev–Trinajstić information content (AvgIpc) is 2.74. The molecule has 0 atom stereocenters. The van der Waals surface area contributed by atoms with Crippen molar-refractivity contribution in [3.8, 4) is 22.4 Å². The van der Waals surface area contributed by atoms with E-state index in [0.717, 1.165) is 12.1 Å². The molecule has 4 aromatic rings. The normalized spacial score (nSPS) is 10.8. The minimum Gasteiger partial charge on any atom is -0.397 e. The molecule has 0 amide bonds. The quantitative estimate of drug-likeness (QED) is 0.359. The highest BCUT2D eigenvalue weighted by molar-refractivity contribution is 6.01. The second kappa shape index (κ2) is 8.46. The third kappa shape index (κ3) is 4.13. The van der Waals surface area contributed by atoms with Gasteiger partial charge in [0, 0.05) is 24.9 Å². The predicted molar refractivity (Wildman–Crippen MR) is 114 cm³/mol. The molecule has 0 aliphatic rings. The van der Waals surface area contributed by atoms with Crippen LogP contribution in [0.25, 0.3) is 22.4 Å². The van der Waals surface area contributed by atoms with E-state index in [9.17, 15) is 18.0 Å². The van der Waals surface area contributed by atoms with Gasteiger partial charge in [-0.1, -0.05) is 6.07 Å². The van der Waals surface area contributed by atoms with Crippen molar-refractivity contribution in [3.05, 3.63) is 89.8 Å². The number of rotatable bonds is 5. The van der Waals surface area contributed by atoms with E-state index in [1.54, 1.807) is 6.07 Å². The Morgan fingerprint density at radius 1 is 0.938 bits per heavy atom. The van der Waals surface area contributed by atoms with Gasteiger partial charge in [-0.05, 0) is 53.1 Å². The van der Waals surface area contributed by atoms with Gasteiger partial charge in [-0.2, -0.15) is 4.39 Å². The van der Waals surface area contributed by atoms with Crippen molar-refractivity contribution in [2.45, 2.75) is 6.42 Å². The number of carbonyl (C=O) groups is 1. The molecular weight excluding hydrogens is 419 g/mol. The van der Waals surface area contributed by atoms with Gasteiger partial charge >= 0.3 is 0 Å². The van der Waals surface area contributed by atoms with Crippen molar-refractivity contribution in [3.63, 3.8) is 0 Å². The van der Waals surface area contributed by atoms with Crippen LogP contribution in [0.15, 0.2) is 60.9 Å². The van der Waals surface area contributed by atoms with Gasteiger partial charge in [0.05, 0.1) is 16.9 Å². The minimum absolute atomic E-state index is 0.0142. The summed E-state index contributed by atoms with van der Waals surface area (Å²) in [4.78, 5) is 24.7. The topological polar surface area (TPSA) is 108 Å². The Morgan fingerprint density at radius 3 is 2.41 bits per heavy atom.